The van der Waals surface area contributed by atoms with Crippen LogP contribution < -0.4 is 10.6 Å². The van der Waals surface area contributed by atoms with Gasteiger partial charge < -0.3 is 10.6 Å². The summed E-state index contributed by atoms with van der Waals surface area (Å²) < 4.78 is 0. The van der Waals surface area contributed by atoms with Crippen LogP contribution in [0.25, 0.3) is 6.08 Å². The number of anilines is 1. The molecule has 0 spiro atoms. The number of amides is 2. The predicted octanol–water partition coefficient (Wildman–Crippen LogP) is 6.12. The van der Waals surface area contributed by atoms with Crippen molar-refractivity contribution in [1.82, 2.24) is 5.32 Å². The number of nitrogens with one attached hydrogen (secondary N) is 2. The van der Waals surface area contributed by atoms with Crippen molar-refractivity contribution in [3.8, 4) is 0 Å². The number of rotatable bonds is 6. The van der Waals surface area contributed by atoms with Crippen LogP contribution >= 0.6 is 35.0 Å². The van der Waals surface area contributed by atoms with Crippen LogP contribution in [-0.4, -0.2) is 18.1 Å². The maximum Gasteiger partial charge on any atom is 0.272 e. The van der Waals surface area contributed by atoms with Gasteiger partial charge in [0.15, 0.2) is 0 Å². The van der Waals surface area contributed by atoms with Crippen LogP contribution in [0.5, 0.6) is 0 Å². The van der Waals surface area contributed by atoms with Crippen molar-refractivity contribution in [2.45, 2.75) is 4.90 Å². The lowest BCUT2D eigenvalue weighted by molar-refractivity contribution is -0.113. The summed E-state index contributed by atoms with van der Waals surface area (Å²) in [7, 11) is 0. The summed E-state index contributed by atoms with van der Waals surface area (Å²) in [5.74, 6) is -0.911. The fourth-order valence-electron chi connectivity index (χ4n) is 2.63. The van der Waals surface area contributed by atoms with Crippen LogP contribution in [0.4, 0.5) is 5.69 Å². The molecule has 3 rings (SSSR count). The summed E-state index contributed by atoms with van der Waals surface area (Å²) >= 11 is 14.1. The molecule has 0 aliphatic carbocycles. The van der Waals surface area contributed by atoms with Crippen molar-refractivity contribution >= 4 is 58.5 Å². The monoisotopic (exact) mass is 456 g/mol. The standard InChI is InChI=1S/C23H18Cl2N2O2S/c1-30-17-10-5-9-16(13-17)26-23(29)21(14-18-19(24)11-6-12-20(18)25)27-22(28)15-7-3-2-4-8-15/h2-14H,1H3,(H,26,29)(H,27,28)/b21-14+. The minimum Gasteiger partial charge on any atom is -0.321 e. The second-order valence-electron chi connectivity index (χ2n) is 6.20. The fraction of sp³-hybridized carbons (Fsp3) is 0.0435. The molecule has 4 nitrogen and oxygen atoms in total. The summed E-state index contributed by atoms with van der Waals surface area (Å²) in [6.45, 7) is 0. The number of benzene rings is 3. The molecule has 3 aromatic carbocycles. The Kier molecular flexibility index (Phi) is 7.57. The minimum absolute atomic E-state index is 0.0217. The molecular formula is C23H18Cl2N2O2S. The van der Waals surface area contributed by atoms with E-state index in [1.807, 2.05) is 30.5 Å². The van der Waals surface area contributed by atoms with E-state index >= 15 is 0 Å². The Bertz CT molecular complexity index is 1080. The third-order valence-electron chi connectivity index (χ3n) is 4.14. The van der Waals surface area contributed by atoms with Gasteiger partial charge in [0.05, 0.1) is 0 Å². The molecule has 3 aromatic rings. The van der Waals surface area contributed by atoms with E-state index in [2.05, 4.69) is 10.6 Å². The van der Waals surface area contributed by atoms with Gasteiger partial charge in [0, 0.05) is 31.8 Å². The summed E-state index contributed by atoms with van der Waals surface area (Å²) in [5.41, 5.74) is 1.49. The highest BCUT2D eigenvalue weighted by molar-refractivity contribution is 7.98. The fourth-order valence-corrected chi connectivity index (χ4v) is 3.60. The maximum atomic E-state index is 13.0. The van der Waals surface area contributed by atoms with Crippen LogP contribution in [-0.2, 0) is 4.79 Å². The van der Waals surface area contributed by atoms with Gasteiger partial charge in [0.1, 0.15) is 5.70 Å². The van der Waals surface area contributed by atoms with Gasteiger partial charge in [-0.1, -0.05) is 53.5 Å². The molecule has 0 heterocycles. The Hall–Kier alpha value is -2.73. The number of carbonyl (C=O) groups excluding carboxylic acids is 2. The topological polar surface area (TPSA) is 58.2 Å². The van der Waals surface area contributed by atoms with Gasteiger partial charge in [0.25, 0.3) is 11.8 Å². The first kappa shape index (κ1) is 22.0. The molecule has 0 aliphatic rings. The van der Waals surface area contributed by atoms with E-state index in [9.17, 15) is 9.59 Å². The van der Waals surface area contributed by atoms with E-state index in [1.165, 1.54) is 6.08 Å². The molecule has 2 N–H and O–H groups in total. The van der Waals surface area contributed by atoms with Crippen LogP contribution in [0.3, 0.4) is 0 Å². The maximum absolute atomic E-state index is 13.0. The van der Waals surface area contributed by atoms with E-state index in [-0.39, 0.29) is 5.70 Å². The Morgan fingerprint density at radius 3 is 2.23 bits per heavy atom. The second-order valence-corrected chi connectivity index (χ2v) is 7.89. The smallest absolute Gasteiger partial charge is 0.272 e. The lowest BCUT2D eigenvalue weighted by Gasteiger charge is -2.13. The van der Waals surface area contributed by atoms with Crippen molar-refractivity contribution in [1.29, 1.82) is 0 Å². The number of hydrogen-bond donors (Lipinski definition) is 2. The van der Waals surface area contributed by atoms with E-state index in [0.717, 1.165) is 4.90 Å². The zero-order valence-corrected chi connectivity index (χ0v) is 18.3. The number of halogens is 2. The molecule has 0 aliphatic heterocycles. The number of carbonyl (C=O) groups is 2. The van der Waals surface area contributed by atoms with Crippen LogP contribution in [0.2, 0.25) is 10.0 Å². The normalized spacial score (nSPS) is 11.1. The summed E-state index contributed by atoms with van der Waals surface area (Å²) in [6, 6.07) is 21.1. The molecule has 0 unspecified atom stereocenters. The third kappa shape index (κ3) is 5.66. The highest BCUT2D eigenvalue weighted by Crippen LogP contribution is 2.27. The third-order valence-corrected chi connectivity index (χ3v) is 5.53. The van der Waals surface area contributed by atoms with E-state index in [0.29, 0.717) is 26.9 Å². The Morgan fingerprint density at radius 1 is 0.900 bits per heavy atom. The molecule has 30 heavy (non-hydrogen) atoms. The lowest BCUT2D eigenvalue weighted by Crippen LogP contribution is -2.30. The average Bonchev–Trinajstić information content (AvgIpc) is 2.76. The van der Waals surface area contributed by atoms with Crippen molar-refractivity contribution in [2.24, 2.45) is 0 Å². The lowest BCUT2D eigenvalue weighted by atomic mass is 10.1. The first-order valence-electron chi connectivity index (χ1n) is 8.95. The number of hydrogen-bond acceptors (Lipinski definition) is 3. The molecule has 0 atom stereocenters. The average molecular weight is 457 g/mol. The molecule has 0 aromatic heterocycles. The predicted molar refractivity (Wildman–Crippen MR) is 125 cm³/mol. The van der Waals surface area contributed by atoms with Gasteiger partial charge in [-0.3, -0.25) is 9.59 Å². The largest absolute Gasteiger partial charge is 0.321 e. The summed E-state index contributed by atoms with van der Waals surface area (Å²) in [4.78, 5) is 26.7. The highest BCUT2D eigenvalue weighted by Gasteiger charge is 2.16. The van der Waals surface area contributed by atoms with Gasteiger partial charge in [-0.25, -0.2) is 0 Å². The Labute approximate surface area is 189 Å². The van der Waals surface area contributed by atoms with Gasteiger partial charge in [0.2, 0.25) is 0 Å². The van der Waals surface area contributed by atoms with Crippen LogP contribution in [0.15, 0.2) is 83.4 Å². The summed E-state index contributed by atoms with van der Waals surface area (Å²) in [6.07, 6.45) is 3.42. The van der Waals surface area contributed by atoms with E-state index in [1.54, 1.807) is 60.3 Å². The van der Waals surface area contributed by atoms with Gasteiger partial charge in [-0.2, -0.15) is 0 Å². The molecule has 0 saturated heterocycles. The zero-order valence-electron chi connectivity index (χ0n) is 16.0. The SMILES string of the molecule is CSc1cccc(NC(=O)/C(=C\c2c(Cl)cccc2Cl)NC(=O)c2ccccc2)c1. The van der Waals surface area contributed by atoms with Gasteiger partial charge in [-0.05, 0) is 54.8 Å². The van der Waals surface area contributed by atoms with Crippen LogP contribution in [0, 0.1) is 0 Å². The first-order valence-corrected chi connectivity index (χ1v) is 10.9. The molecule has 2 amide bonds. The van der Waals surface area contributed by atoms with Crippen molar-refractivity contribution in [3.63, 3.8) is 0 Å². The van der Waals surface area contributed by atoms with Crippen molar-refractivity contribution in [3.05, 3.63) is 99.7 Å². The van der Waals surface area contributed by atoms with Crippen molar-refractivity contribution < 1.29 is 9.59 Å². The molecule has 0 saturated carbocycles. The van der Waals surface area contributed by atoms with E-state index in [4.69, 9.17) is 23.2 Å². The van der Waals surface area contributed by atoms with Gasteiger partial charge >= 0.3 is 0 Å². The van der Waals surface area contributed by atoms with Gasteiger partial charge in [-0.15, -0.1) is 11.8 Å². The van der Waals surface area contributed by atoms with Crippen LogP contribution in [0.1, 0.15) is 15.9 Å². The first-order chi connectivity index (χ1) is 14.5. The highest BCUT2D eigenvalue weighted by atomic mass is 35.5. The second kappa shape index (κ2) is 10.3. The quantitative estimate of drug-likeness (QED) is 0.346. The molecular weight excluding hydrogens is 439 g/mol. The van der Waals surface area contributed by atoms with Crippen molar-refractivity contribution in [2.75, 3.05) is 11.6 Å². The van der Waals surface area contributed by atoms with E-state index < -0.39 is 11.8 Å². The molecule has 152 valence electrons. The Morgan fingerprint density at radius 2 is 1.57 bits per heavy atom. The minimum atomic E-state index is -0.492. The Balaban J connectivity index is 1.95. The number of thioether (sulfide) groups is 1. The zero-order chi connectivity index (χ0) is 21.5. The molecule has 0 radical (unpaired) electrons. The molecule has 7 heteroatoms. The summed E-state index contributed by atoms with van der Waals surface area (Å²) in [5, 5.41) is 6.22. The molecule has 0 bridgehead atoms. The molecule has 0 fully saturated rings.